The van der Waals surface area contributed by atoms with Gasteiger partial charge in [0.25, 0.3) is 0 Å². The molecule has 1 aromatic heterocycles. The molecule has 2 aliphatic heterocycles. The van der Waals surface area contributed by atoms with Crippen molar-refractivity contribution in [1.82, 2.24) is 14.8 Å². The molecular formula is C21H35N3O3S. The number of rotatable bonds is 8. The lowest BCUT2D eigenvalue weighted by Crippen LogP contribution is -2.47. The second-order valence-electron chi connectivity index (χ2n) is 8.22. The van der Waals surface area contributed by atoms with Crippen molar-refractivity contribution in [1.29, 1.82) is 0 Å². The van der Waals surface area contributed by atoms with Gasteiger partial charge in [-0.1, -0.05) is 13.8 Å². The molecule has 2 saturated heterocycles. The van der Waals surface area contributed by atoms with Gasteiger partial charge in [-0.05, 0) is 45.1 Å². The Bertz CT molecular complexity index is 639. The molecule has 158 valence electrons. The zero-order chi connectivity index (χ0) is 20.1. The number of likely N-dealkylation sites (tertiary alicyclic amines) is 2. The second-order valence-corrected chi connectivity index (χ2v) is 9.16. The molecule has 1 atom stereocenters. The Morgan fingerprint density at radius 3 is 2.71 bits per heavy atom. The average molecular weight is 410 g/mol. The standard InChI is InChI=1S/C21H35N3O3S/c1-4-16(5-2)20(25)23-11-8-21(26,9-12-23)18-15-28-19(22-18)13-24-10-6-7-17(24)14-27-3/h15-17,26H,4-14H2,1-3H3. The van der Waals surface area contributed by atoms with Gasteiger partial charge in [0.2, 0.25) is 5.91 Å². The molecule has 3 rings (SSSR count). The number of ether oxygens (including phenoxy) is 1. The highest BCUT2D eigenvalue weighted by molar-refractivity contribution is 7.09. The van der Waals surface area contributed by atoms with E-state index in [1.165, 1.54) is 12.8 Å². The minimum atomic E-state index is -0.906. The fourth-order valence-corrected chi connectivity index (χ4v) is 5.42. The number of aliphatic hydroxyl groups is 1. The fraction of sp³-hybridized carbons (Fsp3) is 0.810. The maximum atomic E-state index is 12.6. The number of nitrogens with zero attached hydrogens (tertiary/aromatic N) is 3. The Morgan fingerprint density at radius 1 is 1.36 bits per heavy atom. The van der Waals surface area contributed by atoms with Crippen LogP contribution in [0, 0.1) is 5.92 Å². The molecular weight excluding hydrogens is 374 g/mol. The van der Waals surface area contributed by atoms with Crippen LogP contribution in [0.2, 0.25) is 0 Å². The van der Waals surface area contributed by atoms with E-state index < -0.39 is 5.60 Å². The monoisotopic (exact) mass is 409 g/mol. The van der Waals surface area contributed by atoms with Gasteiger partial charge < -0.3 is 14.7 Å². The van der Waals surface area contributed by atoms with E-state index in [0.29, 0.717) is 32.0 Å². The Kier molecular flexibility index (Phi) is 7.48. The summed E-state index contributed by atoms with van der Waals surface area (Å²) < 4.78 is 5.34. The summed E-state index contributed by atoms with van der Waals surface area (Å²) in [7, 11) is 1.76. The Labute approximate surface area is 172 Å². The van der Waals surface area contributed by atoms with Crippen LogP contribution in [0.3, 0.4) is 0 Å². The smallest absolute Gasteiger partial charge is 0.225 e. The van der Waals surface area contributed by atoms with Gasteiger partial charge in [-0.15, -0.1) is 11.3 Å². The first-order valence-electron chi connectivity index (χ1n) is 10.7. The van der Waals surface area contributed by atoms with Gasteiger partial charge in [0.1, 0.15) is 10.6 Å². The van der Waals surface area contributed by atoms with Crippen LogP contribution in [0.5, 0.6) is 0 Å². The van der Waals surface area contributed by atoms with E-state index in [0.717, 1.165) is 43.2 Å². The average Bonchev–Trinajstić information content (AvgIpc) is 3.34. The third-order valence-corrected chi connectivity index (χ3v) is 7.30. The molecule has 0 aliphatic carbocycles. The molecule has 1 amide bonds. The van der Waals surface area contributed by atoms with Crippen molar-refractivity contribution in [2.75, 3.05) is 33.4 Å². The summed E-state index contributed by atoms with van der Waals surface area (Å²) in [6, 6.07) is 0.472. The van der Waals surface area contributed by atoms with Crippen molar-refractivity contribution in [2.24, 2.45) is 5.92 Å². The van der Waals surface area contributed by atoms with Crippen LogP contribution in [-0.4, -0.2) is 65.2 Å². The number of hydrogen-bond donors (Lipinski definition) is 1. The third-order valence-electron chi connectivity index (χ3n) is 6.46. The van der Waals surface area contributed by atoms with Gasteiger partial charge in [-0.3, -0.25) is 9.69 Å². The van der Waals surface area contributed by atoms with Crippen molar-refractivity contribution in [3.63, 3.8) is 0 Å². The maximum Gasteiger partial charge on any atom is 0.225 e. The Morgan fingerprint density at radius 2 is 2.07 bits per heavy atom. The van der Waals surface area contributed by atoms with E-state index in [-0.39, 0.29) is 11.8 Å². The quantitative estimate of drug-likeness (QED) is 0.715. The first kappa shape index (κ1) is 21.7. The summed E-state index contributed by atoms with van der Waals surface area (Å²) in [4.78, 5) is 21.8. The molecule has 2 aliphatic rings. The van der Waals surface area contributed by atoms with Crippen molar-refractivity contribution in [3.05, 3.63) is 16.1 Å². The summed E-state index contributed by atoms with van der Waals surface area (Å²) in [6.07, 6.45) is 5.28. The summed E-state index contributed by atoms with van der Waals surface area (Å²) in [5.74, 6) is 0.349. The number of amides is 1. The van der Waals surface area contributed by atoms with Crippen molar-refractivity contribution in [2.45, 2.75) is 70.6 Å². The van der Waals surface area contributed by atoms with Crippen LogP contribution < -0.4 is 0 Å². The van der Waals surface area contributed by atoms with E-state index in [9.17, 15) is 9.90 Å². The van der Waals surface area contributed by atoms with Gasteiger partial charge >= 0.3 is 0 Å². The summed E-state index contributed by atoms with van der Waals surface area (Å²) in [5, 5.41) is 14.2. The highest BCUT2D eigenvalue weighted by atomic mass is 32.1. The van der Waals surface area contributed by atoms with E-state index in [1.54, 1.807) is 18.4 Å². The van der Waals surface area contributed by atoms with Gasteiger partial charge in [0.15, 0.2) is 0 Å². The molecule has 6 nitrogen and oxygen atoms in total. The highest BCUT2D eigenvalue weighted by Gasteiger charge is 2.38. The molecule has 2 fully saturated rings. The van der Waals surface area contributed by atoms with Crippen LogP contribution in [-0.2, 0) is 21.7 Å². The number of carbonyl (C=O) groups is 1. The molecule has 1 unspecified atom stereocenters. The summed E-state index contributed by atoms with van der Waals surface area (Å²) >= 11 is 1.63. The van der Waals surface area contributed by atoms with Crippen LogP contribution >= 0.6 is 11.3 Å². The molecule has 0 bridgehead atoms. The SMILES string of the molecule is CCC(CC)C(=O)N1CCC(O)(c2csc(CN3CCCC3COC)n2)CC1. The van der Waals surface area contributed by atoms with E-state index >= 15 is 0 Å². The van der Waals surface area contributed by atoms with Gasteiger partial charge in [-0.2, -0.15) is 0 Å². The first-order valence-corrected chi connectivity index (χ1v) is 11.6. The molecule has 1 N–H and O–H groups in total. The Hall–Kier alpha value is -1.02. The van der Waals surface area contributed by atoms with Crippen LogP contribution in [0.15, 0.2) is 5.38 Å². The van der Waals surface area contributed by atoms with Crippen LogP contribution in [0.1, 0.15) is 63.1 Å². The van der Waals surface area contributed by atoms with E-state index in [2.05, 4.69) is 18.7 Å². The zero-order valence-corrected chi connectivity index (χ0v) is 18.3. The topological polar surface area (TPSA) is 65.9 Å². The van der Waals surface area contributed by atoms with Crippen molar-refractivity contribution < 1.29 is 14.6 Å². The van der Waals surface area contributed by atoms with Crippen molar-refractivity contribution >= 4 is 17.2 Å². The van der Waals surface area contributed by atoms with Gasteiger partial charge in [0, 0.05) is 37.5 Å². The number of piperidine rings is 1. The molecule has 0 spiro atoms. The lowest BCUT2D eigenvalue weighted by Gasteiger charge is -2.38. The number of hydrogen-bond acceptors (Lipinski definition) is 6. The lowest BCUT2D eigenvalue weighted by atomic mass is 9.88. The number of aromatic nitrogens is 1. The molecule has 3 heterocycles. The molecule has 0 saturated carbocycles. The highest BCUT2D eigenvalue weighted by Crippen LogP contribution is 2.34. The first-order chi connectivity index (χ1) is 13.5. The van der Waals surface area contributed by atoms with Crippen LogP contribution in [0.4, 0.5) is 0 Å². The molecule has 1 aromatic rings. The second kappa shape index (κ2) is 9.65. The molecule has 0 aromatic carbocycles. The lowest BCUT2D eigenvalue weighted by molar-refractivity contribution is -0.140. The van der Waals surface area contributed by atoms with Gasteiger partial charge in [-0.25, -0.2) is 4.98 Å². The summed E-state index contributed by atoms with van der Waals surface area (Å²) in [5.41, 5.74) is -0.124. The fourth-order valence-electron chi connectivity index (χ4n) is 4.50. The molecule has 28 heavy (non-hydrogen) atoms. The third kappa shape index (κ3) is 4.75. The Balaban J connectivity index is 1.58. The largest absolute Gasteiger partial charge is 0.383 e. The van der Waals surface area contributed by atoms with Crippen LogP contribution in [0.25, 0.3) is 0 Å². The zero-order valence-electron chi connectivity index (χ0n) is 17.5. The normalized spacial score (nSPS) is 22.9. The van der Waals surface area contributed by atoms with Gasteiger partial charge in [0.05, 0.1) is 18.8 Å². The number of thiazole rings is 1. The predicted molar refractivity (Wildman–Crippen MR) is 111 cm³/mol. The predicted octanol–water partition coefficient (Wildman–Crippen LogP) is 3.00. The van der Waals surface area contributed by atoms with E-state index in [4.69, 9.17) is 9.72 Å². The molecule has 0 radical (unpaired) electrons. The van der Waals surface area contributed by atoms with Crippen molar-refractivity contribution in [3.8, 4) is 0 Å². The summed E-state index contributed by atoms with van der Waals surface area (Å²) in [6.45, 7) is 8.04. The number of methoxy groups -OCH3 is 1. The van der Waals surface area contributed by atoms with E-state index in [1.807, 2.05) is 10.3 Å². The minimum absolute atomic E-state index is 0.109. The number of carbonyl (C=O) groups excluding carboxylic acids is 1. The molecule has 7 heteroatoms. The maximum absolute atomic E-state index is 12.6. The minimum Gasteiger partial charge on any atom is -0.383 e.